The van der Waals surface area contributed by atoms with Gasteiger partial charge in [-0.3, -0.25) is 9.78 Å². The molecule has 0 unspecified atom stereocenters. The summed E-state index contributed by atoms with van der Waals surface area (Å²) in [5.41, 5.74) is 6.81. The first-order valence-corrected chi connectivity index (χ1v) is 16.8. The number of aliphatic hydroxyl groups is 2. The summed E-state index contributed by atoms with van der Waals surface area (Å²) in [6.07, 6.45) is 1.46. The number of benzene rings is 3. The van der Waals surface area contributed by atoms with Crippen LogP contribution in [0, 0.1) is 0 Å². The lowest BCUT2D eigenvalue weighted by Gasteiger charge is -2.10. The van der Waals surface area contributed by atoms with Gasteiger partial charge < -0.3 is 36.6 Å². The summed E-state index contributed by atoms with van der Waals surface area (Å²) >= 11 is 0. The lowest BCUT2D eigenvalue weighted by molar-refractivity contribution is 0.0957. The lowest BCUT2D eigenvalue weighted by Crippen LogP contribution is -2.19. The number of nitrogens with two attached hydrogens (primary N) is 1. The van der Waals surface area contributed by atoms with Gasteiger partial charge in [0.1, 0.15) is 17.2 Å². The highest BCUT2D eigenvalue weighted by Crippen LogP contribution is 2.24. The smallest absolute Gasteiger partial charge is 0.323 e. The molecule has 4 rings (SSSR count). The fourth-order valence-electron chi connectivity index (χ4n) is 3.71. The number of nitrogens with one attached hydrogen (secondary N) is 3. The Balaban J connectivity index is 0.000000461. The SMILES string of the molecule is CNC(=O)c1cc(Oc2ccc(NC(=O)Nc3cccc(S(=O)(=O)CCO)c3)cc2)ccn1.Cl.Nc1cccc(S(=O)(=O)CCO)c1. The number of carbonyl (C=O) groups is 2. The first-order valence-electron chi connectivity index (χ1n) is 13.5. The molecule has 0 atom stereocenters. The standard InChI is InChI=1S/C22H22N4O6S.C8H11NO3S.ClH/c1-23-21(28)20-14-18(9-10-24-20)32-17-7-5-15(6-8-17)25-22(29)26-16-3-2-4-19(13-16)33(30,31)12-11-27;9-7-2-1-3-8(6-7)13(11,12)5-4-10;/h2-10,13-14,27H,11-12H2,1H3,(H,23,28)(H2,25,26,29);1-3,6,10H,4-5,9H2;1H. The van der Waals surface area contributed by atoms with Crippen molar-refractivity contribution in [2.24, 2.45) is 0 Å². The van der Waals surface area contributed by atoms with Crippen LogP contribution in [-0.4, -0.2) is 75.7 Å². The average Bonchev–Trinajstić information content (AvgIpc) is 3.02. The van der Waals surface area contributed by atoms with Gasteiger partial charge in [-0.2, -0.15) is 0 Å². The summed E-state index contributed by atoms with van der Waals surface area (Å²) in [5, 5.41) is 25.1. The number of urea groups is 1. The Morgan fingerprint density at radius 1 is 0.766 bits per heavy atom. The number of hydrogen-bond donors (Lipinski definition) is 6. The number of aromatic nitrogens is 1. The molecule has 0 aliphatic rings. The average molecular weight is 708 g/mol. The fourth-order valence-corrected chi connectivity index (χ4v) is 5.86. The number of rotatable bonds is 11. The quantitative estimate of drug-likeness (QED) is 0.124. The molecule has 0 aliphatic heterocycles. The summed E-state index contributed by atoms with van der Waals surface area (Å²) in [4.78, 5) is 28.1. The number of halogens is 1. The Kier molecular flexibility index (Phi) is 14.6. The molecule has 0 spiro atoms. The van der Waals surface area contributed by atoms with Crippen LogP contribution in [0.15, 0.2) is 101 Å². The van der Waals surface area contributed by atoms with Crippen LogP contribution in [0.4, 0.5) is 21.9 Å². The van der Waals surface area contributed by atoms with E-state index in [1.807, 2.05) is 0 Å². The summed E-state index contributed by atoms with van der Waals surface area (Å²) in [6.45, 7) is -0.867. The molecule has 17 heteroatoms. The molecule has 1 aromatic heterocycles. The molecular weight excluding hydrogens is 674 g/mol. The molecule has 0 saturated carbocycles. The number of aliphatic hydroxyl groups excluding tert-OH is 2. The summed E-state index contributed by atoms with van der Waals surface area (Å²) in [5.74, 6) is -0.0856. The van der Waals surface area contributed by atoms with E-state index in [9.17, 15) is 26.4 Å². The molecule has 0 fully saturated rings. The monoisotopic (exact) mass is 707 g/mol. The van der Waals surface area contributed by atoms with Crippen LogP contribution < -0.4 is 26.4 Å². The van der Waals surface area contributed by atoms with Gasteiger partial charge in [-0.05, 0) is 66.7 Å². The third kappa shape index (κ3) is 11.8. The zero-order valence-electron chi connectivity index (χ0n) is 25.0. The van der Waals surface area contributed by atoms with Gasteiger partial charge in [0, 0.05) is 36.4 Å². The highest BCUT2D eigenvalue weighted by Gasteiger charge is 2.15. The number of ether oxygens (including phenoxy) is 1. The molecule has 7 N–H and O–H groups in total. The molecule has 47 heavy (non-hydrogen) atoms. The van der Waals surface area contributed by atoms with E-state index in [-0.39, 0.29) is 51.8 Å². The topological polar surface area (TPSA) is 227 Å². The van der Waals surface area contributed by atoms with Gasteiger partial charge in [0.05, 0.1) is 34.5 Å². The van der Waals surface area contributed by atoms with Crippen molar-refractivity contribution in [1.29, 1.82) is 0 Å². The molecule has 3 aromatic carbocycles. The predicted molar refractivity (Wildman–Crippen MR) is 180 cm³/mol. The Morgan fingerprint density at radius 3 is 1.91 bits per heavy atom. The Bertz CT molecular complexity index is 1870. The van der Waals surface area contributed by atoms with E-state index < -0.39 is 38.1 Å². The van der Waals surface area contributed by atoms with E-state index in [0.717, 1.165) is 0 Å². The third-order valence-electron chi connectivity index (χ3n) is 5.93. The van der Waals surface area contributed by atoms with Crippen molar-refractivity contribution in [1.82, 2.24) is 10.3 Å². The zero-order chi connectivity index (χ0) is 33.7. The van der Waals surface area contributed by atoms with Gasteiger partial charge in [-0.1, -0.05) is 12.1 Å². The van der Waals surface area contributed by atoms with Crippen molar-refractivity contribution < 1.29 is 41.4 Å². The largest absolute Gasteiger partial charge is 0.457 e. The number of nitrogens with zero attached hydrogens (tertiary/aromatic N) is 1. The van der Waals surface area contributed by atoms with Crippen molar-refractivity contribution >= 4 is 61.1 Å². The van der Waals surface area contributed by atoms with E-state index in [4.69, 9.17) is 20.7 Å². The van der Waals surface area contributed by atoms with Crippen molar-refractivity contribution in [3.05, 3.63) is 96.8 Å². The van der Waals surface area contributed by atoms with Crippen molar-refractivity contribution in [2.75, 3.05) is 48.1 Å². The minimum absolute atomic E-state index is 0. The molecule has 0 saturated heterocycles. The lowest BCUT2D eigenvalue weighted by atomic mass is 10.3. The number of carbonyl (C=O) groups excluding carboxylic acids is 2. The highest BCUT2D eigenvalue weighted by atomic mass is 35.5. The number of nitrogen functional groups attached to an aromatic ring is 1. The maximum Gasteiger partial charge on any atom is 0.323 e. The molecule has 14 nitrogen and oxygen atoms in total. The van der Waals surface area contributed by atoms with Crippen LogP contribution >= 0.6 is 12.4 Å². The summed E-state index contributed by atoms with van der Waals surface area (Å²) < 4.78 is 52.6. The van der Waals surface area contributed by atoms with E-state index in [0.29, 0.717) is 22.9 Å². The minimum atomic E-state index is -3.63. The highest BCUT2D eigenvalue weighted by molar-refractivity contribution is 7.91. The van der Waals surface area contributed by atoms with Crippen LogP contribution in [0.2, 0.25) is 0 Å². The van der Waals surface area contributed by atoms with Crippen LogP contribution in [-0.2, 0) is 19.7 Å². The van der Waals surface area contributed by atoms with Crippen LogP contribution in [0.5, 0.6) is 11.5 Å². The second kappa shape index (κ2) is 17.8. The Morgan fingerprint density at radius 2 is 1.34 bits per heavy atom. The van der Waals surface area contributed by atoms with Gasteiger partial charge in [0.15, 0.2) is 19.7 Å². The second-order valence-corrected chi connectivity index (χ2v) is 13.6. The second-order valence-electron chi connectivity index (χ2n) is 9.35. The van der Waals surface area contributed by atoms with E-state index in [2.05, 4.69) is 20.9 Å². The molecule has 4 aromatic rings. The summed E-state index contributed by atoms with van der Waals surface area (Å²) in [6, 6.07) is 20.9. The van der Waals surface area contributed by atoms with Gasteiger partial charge in [0.25, 0.3) is 5.91 Å². The molecule has 3 amide bonds. The molecule has 252 valence electrons. The Hall–Kier alpha value is -4.74. The fraction of sp³-hybridized carbons (Fsp3) is 0.167. The van der Waals surface area contributed by atoms with Crippen LogP contribution in [0.25, 0.3) is 0 Å². The van der Waals surface area contributed by atoms with E-state index in [1.165, 1.54) is 49.6 Å². The molecule has 1 heterocycles. The molecular formula is C30H34ClN5O9S2. The number of pyridine rings is 1. The first-order chi connectivity index (χ1) is 21.9. The maximum absolute atomic E-state index is 12.3. The third-order valence-corrected chi connectivity index (χ3v) is 9.31. The van der Waals surface area contributed by atoms with Gasteiger partial charge in [-0.15, -0.1) is 12.4 Å². The zero-order valence-corrected chi connectivity index (χ0v) is 27.4. The number of amides is 3. The van der Waals surface area contributed by atoms with Crippen LogP contribution in [0.1, 0.15) is 10.5 Å². The van der Waals surface area contributed by atoms with Gasteiger partial charge >= 0.3 is 6.03 Å². The van der Waals surface area contributed by atoms with Gasteiger partial charge in [0.2, 0.25) is 0 Å². The Labute approximate surface area is 278 Å². The molecule has 0 bridgehead atoms. The van der Waals surface area contributed by atoms with Crippen molar-refractivity contribution in [3.63, 3.8) is 0 Å². The number of anilines is 3. The first kappa shape index (κ1) is 38.4. The van der Waals surface area contributed by atoms with E-state index >= 15 is 0 Å². The maximum atomic E-state index is 12.3. The number of hydrogen-bond acceptors (Lipinski definition) is 11. The van der Waals surface area contributed by atoms with Crippen LogP contribution in [0.3, 0.4) is 0 Å². The predicted octanol–water partition coefficient (Wildman–Crippen LogP) is 3.10. The molecule has 0 aliphatic carbocycles. The van der Waals surface area contributed by atoms with E-state index in [1.54, 1.807) is 48.5 Å². The number of sulfone groups is 2. The van der Waals surface area contributed by atoms with Crippen molar-refractivity contribution in [2.45, 2.75) is 9.79 Å². The van der Waals surface area contributed by atoms with Crippen molar-refractivity contribution in [3.8, 4) is 11.5 Å². The summed E-state index contributed by atoms with van der Waals surface area (Å²) in [7, 11) is -5.48. The minimum Gasteiger partial charge on any atom is -0.457 e. The molecule has 0 radical (unpaired) electrons. The normalized spacial score (nSPS) is 10.8. The van der Waals surface area contributed by atoms with Gasteiger partial charge in [-0.25, -0.2) is 21.6 Å².